The molecule has 2 unspecified atom stereocenters. The zero-order valence-corrected chi connectivity index (χ0v) is 13.8. The van der Waals surface area contributed by atoms with Gasteiger partial charge in [0.2, 0.25) is 17.7 Å². The van der Waals surface area contributed by atoms with Gasteiger partial charge >= 0.3 is 6.18 Å². The van der Waals surface area contributed by atoms with Crippen molar-refractivity contribution in [2.45, 2.75) is 44.9 Å². The zero-order valence-electron chi connectivity index (χ0n) is 13.8. The Morgan fingerprint density at radius 3 is 2.58 bits per heavy atom. The summed E-state index contributed by atoms with van der Waals surface area (Å²) in [5.74, 6) is -5.49. The molecule has 140 valence electrons. The van der Waals surface area contributed by atoms with Crippen molar-refractivity contribution in [1.29, 1.82) is 0 Å². The molecule has 0 aromatic heterocycles. The van der Waals surface area contributed by atoms with Gasteiger partial charge in [-0.3, -0.25) is 19.7 Å². The van der Waals surface area contributed by atoms with E-state index in [0.717, 1.165) is 19.1 Å². The van der Waals surface area contributed by atoms with Crippen LogP contribution in [0.4, 0.5) is 17.6 Å². The van der Waals surface area contributed by atoms with Gasteiger partial charge in [-0.15, -0.1) is 0 Å². The number of hydrogen-bond acceptors (Lipinski definition) is 3. The van der Waals surface area contributed by atoms with Crippen molar-refractivity contribution >= 4 is 17.7 Å². The van der Waals surface area contributed by atoms with E-state index in [1.165, 1.54) is 4.90 Å². The molecule has 5 nitrogen and oxygen atoms in total. The second-order valence-corrected chi connectivity index (χ2v) is 6.59. The molecule has 0 radical (unpaired) electrons. The Kier molecular flexibility index (Phi) is 4.49. The summed E-state index contributed by atoms with van der Waals surface area (Å²) in [5, 5.41) is 2.08. The number of amides is 3. The number of carbonyl (C=O) groups is 3. The molecule has 0 spiro atoms. The first-order valence-electron chi connectivity index (χ1n) is 8.08. The smallest absolute Gasteiger partial charge is 0.333 e. The molecule has 2 aliphatic rings. The number of hydrogen-bond donors (Lipinski definition) is 1. The summed E-state index contributed by atoms with van der Waals surface area (Å²) in [6, 6.07) is 1.95. The van der Waals surface area contributed by atoms with E-state index in [9.17, 15) is 31.9 Å². The first kappa shape index (κ1) is 18.3. The molecule has 1 saturated heterocycles. The Hall–Kier alpha value is -2.45. The third-order valence-electron chi connectivity index (χ3n) is 4.86. The third kappa shape index (κ3) is 3.30. The highest BCUT2D eigenvalue weighted by atomic mass is 19.4. The standard InChI is InChI=1S/C17H16F4N2O3/c1-8(17(19,20)21)12-5-10(18)4-9-6-23(7-13(9)12)16(26)11-2-3-14(24)22-15(11)25/h4-5,8,11H,2-3,6-7H2,1H3,(H,22,24,25). The first-order valence-corrected chi connectivity index (χ1v) is 8.08. The predicted molar refractivity (Wildman–Crippen MR) is 81.0 cm³/mol. The molecular formula is C17H16F4N2O3. The van der Waals surface area contributed by atoms with Crippen LogP contribution in [0.25, 0.3) is 0 Å². The number of nitrogens with one attached hydrogen (secondary N) is 1. The van der Waals surface area contributed by atoms with Crippen LogP contribution in [0, 0.1) is 11.7 Å². The first-order chi connectivity index (χ1) is 12.1. The maximum Gasteiger partial charge on any atom is 0.395 e. The molecule has 1 fully saturated rings. The summed E-state index contributed by atoms with van der Waals surface area (Å²) < 4.78 is 53.0. The lowest BCUT2D eigenvalue weighted by molar-refractivity contribution is -0.147. The van der Waals surface area contributed by atoms with Gasteiger partial charge in [-0.1, -0.05) is 0 Å². The molecular weight excluding hydrogens is 356 g/mol. The minimum atomic E-state index is -4.54. The minimum Gasteiger partial charge on any atom is -0.333 e. The lowest BCUT2D eigenvalue weighted by Crippen LogP contribution is -2.47. The van der Waals surface area contributed by atoms with Crippen LogP contribution in [0.2, 0.25) is 0 Å². The van der Waals surface area contributed by atoms with E-state index in [0.29, 0.717) is 5.56 Å². The van der Waals surface area contributed by atoms with Crippen LogP contribution in [-0.4, -0.2) is 28.8 Å². The maximum absolute atomic E-state index is 13.8. The van der Waals surface area contributed by atoms with Gasteiger partial charge < -0.3 is 4.90 Å². The highest BCUT2D eigenvalue weighted by Crippen LogP contribution is 2.40. The Labute approximate surface area is 146 Å². The molecule has 1 N–H and O–H groups in total. The molecule has 2 heterocycles. The van der Waals surface area contributed by atoms with Crippen molar-refractivity contribution in [1.82, 2.24) is 10.2 Å². The molecule has 0 bridgehead atoms. The van der Waals surface area contributed by atoms with Gasteiger partial charge in [0.1, 0.15) is 11.7 Å². The molecule has 0 saturated carbocycles. The Balaban J connectivity index is 1.86. The Bertz CT molecular complexity index is 791. The van der Waals surface area contributed by atoms with Gasteiger partial charge in [0, 0.05) is 19.5 Å². The lowest BCUT2D eigenvalue weighted by Gasteiger charge is -2.25. The number of carbonyl (C=O) groups excluding carboxylic acids is 3. The normalized spacial score (nSPS) is 21.4. The van der Waals surface area contributed by atoms with Crippen molar-refractivity contribution in [3.63, 3.8) is 0 Å². The van der Waals surface area contributed by atoms with Crippen LogP contribution < -0.4 is 5.32 Å². The number of halogens is 4. The number of fused-ring (bicyclic) bond motifs is 1. The van der Waals surface area contributed by atoms with Crippen LogP contribution >= 0.6 is 0 Å². The fourth-order valence-corrected chi connectivity index (χ4v) is 3.37. The van der Waals surface area contributed by atoms with E-state index in [-0.39, 0.29) is 37.1 Å². The van der Waals surface area contributed by atoms with Crippen molar-refractivity contribution in [2.75, 3.05) is 0 Å². The zero-order chi connectivity index (χ0) is 19.2. The van der Waals surface area contributed by atoms with Crippen LogP contribution in [0.5, 0.6) is 0 Å². The van der Waals surface area contributed by atoms with Crippen molar-refractivity contribution < 1.29 is 31.9 Å². The molecule has 9 heteroatoms. The van der Waals surface area contributed by atoms with Gasteiger partial charge in [-0.25, -0.2) is 4.39 Å². The second-order valence-electron chi connectivity index (χ2n) is 6.59. The van der Waals surface area contributed by atoms with E-state index in [2.05, 4.69) is 5.32 Å². The van der Waals surface area contributed by atoms with Crippen molar-refractivity contribution in [2.24, 2.45) is 5.92 Å². The summed E-state index contributed by atoms with van der Waals surface area (Å²) in [6.45, 7) is 0.753. The average Bonchev–Trinajstić information content (AvgIpc) is 2.95. The summed E-state index contributed by atoms with van der Waals surface area (Å²) in [4.78, 5) is 36.9. The predicted octanol–water partition coefficient (Wildman–Crippen LogP) is 2.39. The Morgan fingerprint density at radius 2 is 1.96 bits per heavy atom. The molecule has 1 aromatic rings. The average molecular weight is 372 g/mol. The number of alkyl halides is 3. The summed E-state index contributed by atoms with van der Waals surface area (Å²) in [6.07, 6.45) is -4.47. The van der Waals surface area contributed by atoms with Gasteiger partial charge in [0.25, 0.3) is 0 Å². The highest BCUT2D eigenvalue weighted by molar-refractivity contribution is 6.08. The van der Waals surface area contributed by atoms with Crippen LogP contribution in [0.1, 0.15) is 42.4 Å². The van der Waals surface area contributed by atoms with Crippen LogP contribution in [0.3, 0.4) is 0 Å². The van der Waals surface area contributed by atoms with E-state index < -0.39 is 41.6 Å². The minimum absolute atomic E-state index is 0.0217. The second kappa shape index (κ2) is 6.37. The summed E-state index contributed by atoms with van der Waals surface area (Å²) in [5.41, 5.74) is 0.361. The molecule has 3 amide bonds. The lowest BCUT2D eigenvalue weighted by atomic mass is 9.93. The van der Waals surface area contributed by atoms with Crippen molar-refractivity contribution in [3.8, 4) is 0 Å². The number of imide groups is 1. The van der Waals surface area contributed by atoms with Crippen LogP contribution in [0.15, 0.2) is 12.1 Å². The van der Waals surface area contributed by atoms with Gasteiger partial charge in [0.05, 0.1) is 5.92 Å². The summed E-state index contributed by atoms with van der Waals surface area (Å²) in [7, 11) is 0. The molecule has 2 atom stereocenters. The van der Waals surface area contributed by atoms with E-state index in [1.54, 1.807) is 0 Å². The molecule has 1 aromatic carbocycles. The quantitative estimate of drug-likeness (QED) is 0.493. The molecule has 2 aliphatic heterocycles. The SMILES string of the molecule is CC(c1cc(F)cc2c1CN(C(=O)C1CCC(=O)NC1=O)C2)C(F)(F)F. The van der Waals surface area contributed by atoms with Crippen molar-refractivity contribution in [3.05, 3.63) is 34.6 Å². The fraction of sp³-hybridized carbons (Fsp3) is 0.471. The Morgan fingerprint density at radius 1 is 1.27 bits per heavy atom. The van der Waals surface area contributed by atoms with Crippen LogP contribution in [-0.2, 0) is 27.5 Å². The fourth-order valence-electron chi connectivity index (χ4n) is 3.37. The number of benzene rings is 1. The van der Waals surface area contributed by atoms with E-state index in [4.69, 9.17) is 0 Å². The van der Waals surface area contributed by atoms with E-state index >= 15 is 0 Å². The number of nitrogens with zero attached hydrogens (tertiary/aromatic N) is 1. The number of piperidine rings is 1. The molecule has 26 heavy (non-hydrogen) atoms. The van der Waals surface area contributed by atoms with Gasteiger partial charge in [-0.2, -0.15) is 13.2 Å². The topological polar surface area (TPSA) is 66.5 Å². The van der Waals surface area contributed by atoms with Gasteiger partial charge in [0.15, 0.2) is 0 Å². The van der Waals surface area contributed by atoms with Gasteiger partial charge in [-0.05, 0) is 42.2 Å². The molecule has 0 aliphatic carbocycles. The van der Waals surface area contributed by atoms with E-state index in [1.807, 2.05) is 0 Å². The largest absolute Gasteiger partial charge is 0.395 e. The third-order valence-corrected chi connectivity index (χ3v) is 4.86. The monoisotopic (exact) mass is 372 g/mol. The summed E-state index contributed by atoms with van der Waals surface area (Å²) >= 11 is 0. The number of rotatable bonds is 2. The maximum atomic E-state index is 13.8. The highest BCUT2D eigenvalue weighted by Gasteiger charge is 2.42. The molecule has 3 rings (SSSR count).